The van der Waals surface area contributed by atoms with E-state index in [-0.39, 0.29) is 12.3 Å². The summed E-state index contributed by atoms with van der Waals surface area (Å²) in [4.78, 5) is 14.6. The third kappa shape index (κ3) is 6.04. The number of nitrogens with one attached hydrogen (secondary N) is 1. The second kappa shape index (κ2) is 10.2. The lowest BCUT2D eigenvalue weighted by Gasteiger charge is -2.18. The van der Waals surface area contributed by atoms with Crippen molar-refractivity contribution in [1.29, 1.82) is 0 Å². The van der Waals surface area contributed by atoms with E-state index in [1.807, 2.05) is 0 Å². The third-order valence-corrected chi connectivity index (χ3v) is 4.64. The van der Waals surface area contributed by atoms with Crippen LogP contribution in [0.5, 0.6) is 5.75 Å². The molecule has 2 aromatic carbocycles. The Morgan fingerprint density at radius 1 is 1.08 bits per heavy atom. The largest absolute Gasteiger partial charge is 0.496 e. The Bertz CT molecular complexity index is 712. The van der Waals surface area contributed by atoms with Crippen LogP contribution < -0.4 is 10.1 Å². The first-order valence-corrected chi connectivity index (χ1v) is 9.32. The number of hydrogen-bond donors (Lipinski definition) is 1. The number of benzene rings is 2. The summed E-state index contributed by atoms with van der Waals surface area (Å²) in [6, 6.07) is 13.7. The first kappa shape index (κ1) is 20.3. The Kier molecular flexibility index (Phi) is 7.95. The Morgan fingerprint density at radius 2 is 1.73 bits per heavy atom. The smallest absolute Gasteiger partial charge is 0.224 e. The number of hydrogen-bond acceptors (Lipinski definition) is 3. The highest BCUT2D eigenvalue weighted by atomic mass is 35.5. The second-order valence-electron chi connectivity index (χ2n) is 6.19. The van der Waals surface area contributed by atoms with Gasteiger partial charge < -0.3 is 10.1 Å². The summed E-state index contributed by atoms with van der Waals surface area (Å²) in [6.45, 7) is 7.88. The monoisotopic (exact) mass is 374 g/mol. The summed E-state index contributed by atoms with van der Waals surface area (Å²) in [5.74, 6) is 0.614. The summed E-state index contributed by atoms with van der Waals surface area (Å²) in [5, 5.41) is 3.55. The van der Waals surface area contributed by atoms with E-state index in [0.717, 1.165) is 30.8 Å². The molecule has 0 bridgehead atoms. The van der Waals surface area contributed by atoms with Crippen LogP contribution in [0.1, 0.15) is 30.5 Å². The number of halogens is 1. The molecule has 0 aliphatic rings. The van der Waals surface area contributed by atoms with Crippen LogP contribution in [-0.4, -0.2) is 31.0 Å². The van der Waals surface area contributed by atoms with Crippen LogP contribution in [0, 0.1) is 0 Å². The van der Waals surface area contributed by atoms with Crippen molar-refractivity contribution in [3.8, 4) is 5.75 Å². The molecule has 26 heavy (non-hydrogen) atoms. The minimum atomic E-state index is -0.0576. The number of nitrogens with zero attached hydrogens (tertiary/aromatic N) is 1. The van der Waals surface area contributed by atoms with Crippen LogP contribution in [0.3, 0.4) is 0 Å². The van der Waals surface area contributed by atoms with E-state index in [0.29, 0.717) is 17.3 Å². The Hall–Kier alpha value is -2.04. The van der Waals surface area contributed by atoms with Crippen molar-refractivity contribution in [1.82, 2.24) is 10.2 Å². The maximum absolute atomic E-state index is 12.2. The molecule has 0 aliphatic heterocycles. The minimum absolute atomic E-state index is 0.0576. The van der Waals surface area contributed by atoms with Gasteiger partial charge in [0.1, 0.15) is 5.75 Å². The van der Waals surface area contributed by atoms with Crippen LogP contribution in [0.25, 0.3) is 0 Å². The quantitative estimate of drug-likeness (QED) is 0.720. The van der Waals surface area contributed by atoms with E-state index in [1.165, 1.54) is 5.56 Å². The van der Waals surface area contributed by atoms with Crippen LogP contribution >= 0.6 is 11.6 Å². The number of ether oxygens (including phenoxy) is 1. The molecule has 1 amide bonds. The number of carbonyl (C=O) groups is 1. The zero-order chi connectivity index (χ0) is 18.9. The maximum atomic E-state index is 12.2. The second-order valence-corrected chi connectivity index (χ2v) is 6.62. The van der Waals surface area contributed by atoms with Gasteiger partial charge in [0, 0.05) is 23.7 Å². The molecule has 2 aromatic rings. The molecular weight excluding hydrogens is 348 g/mol. The highest BCUT2D eigenvalue weighted by molar-refractivity contribution is 6.30. The van der Waals surface area contributed by atoms with Gasteiger partial charge in [-0.1, -0.05) is 49.7 Å². The van der Waals surface area contributed by atoms with Gasteiger partial charge in [0.25, 0.3) is 0 Å². The molecule has 0 saturated heterocycles. The summed E-state index contributed by atoms with van der Waals surface area (Å²) in [7, 11) is 1.59. The molecule has 4 nitrogen and oxygen atoms in total. The van der Waals surface area contributed by atoms with Gasteiger partial charge in [-0.05, 0) is 42.4 Å². The van der Waals surface area contributed by atoms with E-state index in [2.05, 4.69) is 48.3 Å². The lowest BCUT2D eigenvalue weighted by molar-refractivity contribution is -0.120. The minimum Gasteiger partial charge on any atom is -0.496 e. The van der Waals surface area contributed by atoms with Gasteiger partial charge in [-0.2, -0.15) is 0 Å². The number of carbonyl (C=O) groups excluding carboxylic acids is 1. The summed E-state index contributed by atoms with van der Waals surface area (Å²) >= 11 is 6.01. The number of rotatable bonds is 9. The molecular formula is C21H27ClN2O2. The molecule has 1 N–H and O–H groups in total. The molecule has 0 aliphatic carbocycles. The standard InChI is InChI=1S/C21H27ClN2O2/c1-4-24(5-2)15-17-8-6-16(7-9-17)14-23-21(25)13-18-12-19(22)10-11-20(18)26-3/h6-12H,4-5,13-15H2,1-3H3,(H,23,25). The SMILES string of the molecule is CCN(CC)Cc1ccc(CNC(=O)Cc2cc(Cl)ccc2OC)cc1. The first-order chi connectivity index (χ1) is 12.5. The van der Waals surface area contributed by atoms with Crippen molar-refractivity contribution in [3.05, 3.63) is 64.2 Å². The molecule has 0 aromatic heterocycles. The molecule has 0 heterocycles. The van der Waals surface area contributed by atoms with Gasteiger partial charge >= 0.3 is 0 Å². The Balaban J connectivity index is 1.88. The fourth-order valence-electron chi connectivity index (χ4n) is 2.79. The highest BCUT2D eigenvalue weighted by Gasteiger charge is 2.09. The summed E-state index contributed by atoms with van der Waals surface area (Å²) in [5.41, 5.74) is 3.15. The topological polar surface area (TPSA) is 41.6 Å². The van der Waals surface area contributed by atoms with Gasteiger partial charge in [0.05, 0.1) is 13.5 Å². The van der Waals surface area contributed by atoms with Crippen LogP contribution in [0.2, 0.25) is 5.02 Å². The van der Waals surface area contributed by atoms with Gasteiger partial charge in [-0.3, -0.25) is 9.69 Å². The van der Waals surface area contributed by atoms with E-state index >= 15 is 0 Å². The molecule has 0 saturated carbocycles. The molecule has 140 valence electrons. The predicted octanol–water partition coefficient (Wildman–Crippen LogP) is 4.05. The normalized spacial score (nSPS) is 10.8. The maximum Gasteiger partial charge on any atom is 0.224 e. The molecule has 0 fully saturated rings. The van der Waals surface area contributed by atoms with Crippen molar-refractivity contribution in [2.24, 2.45) is 0 Å². The van der Waals surface area contributed by atoms with Gasteiger partial charge in [-0.15, -0.1) is 0 Å². The van der Waals surface area contributed by atoms with Crippen molar-refractivity contribution in [3.63, 3.8) is 0 Å². The van der Waals surface area contributed by atoms with Crippen molar-refractivity contribution < 1.29 is 9.53 Å². The number of methoxy groups -OCH3 is 1. The molecule has 0 atom stereocenters. The zero-order valence-corrected chi connectivity index (χ0v) is 16.5. The van der Waals surface area contributed by atoms with Crippen molar-refractivity contribution in [2.75, 3.05) is 20.2 Å². The Morgan fingerprint density at radius 3 is 2.35 bits per heavy atom. The van der Waals surface area contributed by atoms with Gasteiger partial charge in [0.15, 0.2) is 0 Å². The average Bonchev–Trinajstić information content (AvgIpc) is 2.65. The van der Waals surface area contributed by atoms with Crippen molar-refractivity contribution in [2.45, 2.75) is 33.4 Å². The highest BCUT2D eigenvalue weighted by Crippen LogP contribution is 2.23. The zero-order valence-electron chi connectivity index (χ0n) is 15.7. The van der Waals surface area contributed by atoms with E-state index in [4.69, 9.17) is 16.3 Å². The molecule has 2 rings (SSSR count). The van der Waals surface area contributed by atoms with Gasteiger partial charge in [-0.25, -0.2) is 0 Å². The molecule has 0 radical (unpaired) electrons. The molecule has 5 heteroatoms. The fourth-order valence-corrected chi connectivity index (χ4v) is 2.98. The third-order valence-electron chi connectivity index (χ3n) is 4.41. The lowest BCUT2D eigenvalue weighted by Crippen LogP contribution is -2.25. The molecule has 0 spiro atoms. The van der Waals surface area contributed by atoms with E-state index < -0.39 is 0 Å². The van der Waals surface area contributed by atoms with E-state index in [9.17, 15) is 4.79 Å². The Labute approximate surface area is 161 Å². The number of amides is 1. The fraction of sp³-hybridized carbons (Fsp3) is 0.381. The summed E-state index contributed by atoms with van der Waals surface area (Å²) < 4.78 is 5.28. The average molecular weight is 375 g/mol. The van der Waals surface area contributed by atoms with Crippen molar-refractivity contribution >= 4 is 17.5 Å². The lowest BCUT2D eigenvalue weighted by atomic mass is 10.1. The predicted molar refractivity (Wildman–Crippen MR) is 107 cm³/mol. The van der Waals surface area contributed by atoms with E-state index in [1.54, 1.807) is 25.3 Å². The van der Waals surface area contributed by atoms with Crippen LogP contribution in [-0.2, 0) is 24.3 Å². The first-order valence-electron chi connectivity index (χ1n) is 8.95. The summed E-state index contributed by atoms with van der Waals surface area (Å²) in [6.07, 6.45) is 0.240. The van der Waals surface area contributed by atoms with Gasteiger partial charge in [0.2, 0.25) is 5.91 Å². The molecule has 0 unspecified atom stereocenters. The van der Waals surface area contributed by atoms with Crippen LogP contribution in [0.15, 0.2) is 42.5 Å². The van der Waals surface area contributed by atoms with Crippen LogP contribution in [0.4, 0.5) is 0 Å².